The normalized spacial score (nSPS) is 16.3. The molecule has 0 fully saturated rings. The lowest BCUT2D eigenvalue weighted by Crippen LogP contribution is -2.39. The largest absolute Gasteiger partial charge is 0.493 e. The Hall–Kier alpha value is -2.95. The van der Waals surface area contributed by atoms with E-state index >= 15 is 0 Å². The molecule has 0 aliphatic carbocycles. The predicted molar refractivity (Wildman–Crippen MR) is 105 cm³/mol. The third-order valence-electron chi connectivity index (χ3n) is 5.50. The average Bonchev–Trinajstić information content (AvgIpc) is 3.10. The molecule has 1 atom stereocenters. The standard InChI is InChI=1S/C22H24N2O3/c1-14(25)24-9-8-15-11-21(26-2)22(27-3)12-18(15)20(24)10-16-13-23-19-7-5-4-6-17(16)19/h4-7,11-13,20,23H,8-10H2,1-3H3. The van der Waals surface area contributed by atoms with Gasteiger partial charge in [-0.1, -0.05) is 18.2 Å². The lowest BCUT2D eigenvalue weighted by molar-refractivity contribution is -0.131. The third-order valence-corrected chi connectivity index (χ3v) is 5.50. The van der Waals surface area contributed by atoms with E-state index in [1.165, 1.54) is 16.5 Å². The summed E-state index contributed by atoms with van der Waals surface area (Å²) < 4.78 is 11.0. The van der Waals surface area contributed by atoms with Crippen LogP contribution >= 0.6 is 0 Å². The van der Waals surface area contributed by atoms with Crippen LogP contribution in [0.4, 0.5) is 0 Å². The molecule has 0 radical (unpaired) electrons. The van der Waals surface area contributed by atoms with Crippen LogP contribution in [0.3, 0.4) is 0 Å². The van der Waals surface area contributed by atoms with E-state index < -0.39 is 0 Å². The highest BCUT2D eigenvalue weighted by Crippen LogP contribution is 2.40. The van der Waals surface area contributed by atoms with Crippen LogP contribution in [0.2, 0.25) is 0 Å². The molecule has 2 aromatic carbocycles. The van der Waals surface area contributed by atoms with Crippen LogP contribution in [0.5, 0.6) is 11.5 Å². The van der Waals surface area contributed by atoms with Gasteiger partial charge in [-0.25, -0.2) is 0 Å². The van der Waals surface area contributed by atoms with Gasteiger partial charge in [0.1, 0.15) is 0 Å². The number of fused-ring (bicyclic) bond motifs is 2. The number of amides is 1. The third kappa shape index (κ3) is 3.03. The summed E-state index contributed by atoms with van der Waals surface area (Å²) in [6.45, 7) is 2.36. The summed E-state index contributed by atoms with van der Waals surface area (Å²) in [5.74, 6) is 1.53. The van der Waals surface area contributed by atoms with Crippen LogP contribution in [0, 0.1) is 0 Å². The van der Waals surface area contributed by atoms with Crippen molar-refractivity contribution in [3.63, 3.8) is 0 Å². The minimum atomic E-state index is -0.0229. The molecule has 27 heavy (non-hydrogen) atoms. The number of carbonyl (C=O) groups excluding carboxylic acids is 1. The van der Waals surface area contributed by atoms with Gasteiger partial charge < -0.3 is 19.4 Å². The van der Waals surface area contributed by atoms with Crippen molar-refractivity contribution in [1.82, 2.24) is 9.88 Å². The van der Waals surface area contributed by atoms with Crippen molar-refractivity contribution in [2.75, 3.05) is 20.8 Å². The molecule has 0 saturated carbocycles. The second-order valence-electron chi connectivity index (χ2n) is 6.95. The quantitative estimate of drug-likeness (QED) is 0.764. The molecule has 2 heterocycles. The maximum Gasteiger partial charge on any atom is 0.219 e. The molecule has 0 bridgehead atoms. The van der Waals surface area contributed by atoms with Gasteiger partial charge in [-0.3, -0.25) is 4.79 Å². The Morgan fingerprint density at radius 2 is 1.93 bits per heavy atom. The van der Waals surface area contributed by atoms with Gasteiger partial charge in [-0.15, -0.1) is 0 Å². The molecule has 3 aromatic rings. The number of rotatable bonds is 4. The van der Waals surface area contributed by atoms with E-state index in [1.54, 1.807) is 21.1 Å². The first kappa shape index (κ1) is 17.5. The number of hydrogen-bond donors (Lipinski definition) is 1. The van der Waals surface area contributed by atoms with Gasteiger partial charge >= 0.3 is 0 Å². The molecule has 4 rings (SSSR count). The number of carbonyl (C=O) groups is 1. The van der Waals surface area contributed by atoms with Crippen LogP contribution in [0.1, 0.15) is 29.7 Å². The summed E-state index contributed by atoms with van der Waals surface area (Å²) >= 11 is 0. The summed E-state index contributed by atoms with van der Waals surface area (Å²) in [5, 5.41) is 1.20. The monoisotopic (exact) mass is 364 g/mol. The minimum absolute atomic E-state index is 0.0229. The minimum Gasteiger partial charge on any atom is -0.493 e. The van der Waals surface area contributed by atoms with Gasteiger partial charge in [0.25, 0.3) is 0 Å². The lowest BCUT2D eigenvalue weighted by atomic mass is 9.88. The van der Waals surface area contributed by atoms with E-state index in [1.807, 2.05) is 29.2 Å². The Bertz CT molecular complexity index is 992. The summed E-state index contributed by atoms with van der Waals surface area (Å²) in [6.07, 6.45) is 3.63. The molecule has 1 amide bonds. The molecule has 0 spiro atoms. The zero-order valence-electron chi connectivity index (χ0n) is 15.9. The molecule has 1 aliphatic rings. The first-order valence-electron chi connectivity index (χ1n) is 9.19. The van der Waals surface area contributed by atoms with Gasteiger partial charge in [-0.05, 0) is 47.7 Å². The van der Waals surface area contributed by atoms with Gasteiger partial charge in [0.15, 0.2) is 11.5 Å². The van der Waals surface area contributed by atoms with Crippen LogP contribution in [0.25, 0.3) is 10.9 Å². The smallest absolute Gasteiger partial charge is 0.219 e. The van der Waals surface area contributed by atoms with Crippen LogP contribution in [-0.4, -0.2) is 36.6 Å². The van der Waals surface area contributed by atoms with Crippen LogP contribution < -0.4 is 9.47 Å². The molecule has 1 N–H and O–H groups in total. The average molecular weight is 364 g/mol. The molecule has 1 aromatic heterocycles. The number of nitrogens with zero attached hydrogens (tertiary/aromatic N) is 1. The summed E-state index contributed by atoms with van der Waals surface area (Å²) in [4.78, 5) is 17.7. The molecule has 140 valence electrons. The first-order valence-corrected chi connectivity index (χ1v) is 9.19. The van der Waals surface area contributed by atoms with Crippen molar-refractivity contribution in [2.45, 2.75) is 25.8 Å². The second kappa shape index (κ2) is 6.99. The molecule has 0 saturated heterocycles. The zero-order valence-corrected chi connectivity index (χ0v) is 15.9. The number of ether oxygens (including phenoxy) is 2. The number of H-pyrrole nitrogens is 1. The number of hydrogen-bond acceptors (Lipinski definition) is 3. The van der Waals surface area contributed by atoms with Crippen molar-refractivity contribution in [3.05, 3.63) is 59.3 Å². The van der Waals surface area contributed by atoms with E-state index in [2.05, 4.69) is 23.3 Å². The Balaban J connectivity index is 1.80. The lowest BCUT2D eigenvalue weighted by Gasteiger charge is -2.37. The van der Waals surface area contributed by atoms with E-state index in [0.717, 1.165) is 29.7 Å². The van der Waals surface area contributed by atoms with Gasteiger partial charge in [-0.2, -0.15) is 0 Å². The Kier molecular flexibility index (Phi) is 4.52. The van der Waals surface area contributed by atoms with Crippen molar-refractivity contribution in [2.24, 2.45) is 0 Å². The SMILES string of the molecule is COc1cc2c(cc1OC)C(Cc1c[nH]c3ccccc13)N(C(C)=O)CC2. The number of aromatic amines is 1. The predicted octanol–water partition coefficient (Wildman–Crippen LogP) is 3.87. The fourth-order valence-electron chi connectivity index (χ4n) is 4.13. The van der Waals surface area contributed by atoms with E-state index in [0.29, 0.717) is 12.3 Å². The Morgan fingerprint density at radius 1 is 1.19 bits per heavy atom. The fraction of sp³-hybridized carbons (Fsp3) is 0.318. The molecule has 5 nitrogen and oxygen atoms in total. The van der Waals surface area contributed by atoms with Crippen LogP contribution in [-0.2, 0) is 17.6 Å². The number of para-hydroxylation sites is 1. The number of benzene rings is 2. The van der Waals surface area contributed by atoms with Crippen molar-refractivity contribution in [3.8, 4) is 11.5 Å². The Morgan fingerprint density at radius 3 is 2.67 bits per heavy atom. The number of aromatic nitrogens is 1. The summed E-state index contributed by atoms with van der Waals surface area (Å²) in [5.41, 5.74) is 4.68. The fourth-order valence-corrected chi connectivity index (χ4v) is 4.13. The van der Waals surface area contributed by atoms with Crippen LogP contribution in [0.15, 0.2) is 42.6 Å². The molecule has 1 aliphatic heterocycles. The molecular formula is C22H24N2O3. The summed E-state index contributed by atoms with van der Waals surface area (Å²) in [7, 11) is 3.29. The maximum absolute atomic E-state index is 12.4. The zero-order chi connectivity index (χ0) is 19.0. The van der Waals surface area contributed by atoms with E-state index in [4.69, 9.17) is 9.47 Å². The van der Waals surface area contributed by atoms with Gasteiger partial charge in [0.05, 0.1) is 20.3 Å². The number of nitrogens with one attached hydrogen (secondary N) is 1. The highest BCUT2D eigenvalue weighted by molar-refractivity contribution is 5.83. The molecular weight excluding hydrogens is 340 g/mol. The van der Waals surface area contributed by atoms with Crippen molar-refractivity contribution in [1.29, 1.82) is 0 Å². The molecule has 1 unspecified atom stereocenters. The van der Waals surface area contributed by atoms with Crippen molar-refractivity contribution >= 4 is 16.8 Å². The highest BCUT2D eigenvalue weighted by atomic mass is 16.5. The topological polar surface area (TPSA) is 54.6 Å². The maximum atomic E-state index is 12.4. The van der Waals surface area contributed by atoms with E-state index in [9.17, 15) is 4.79 Å². The van der Waals surface area contributed by atoms with Gasteiger partial charge in [0, 0.05) is 30.6 Å². The Labute approximate surface area is 158 Å². The van der Waals surface area contributed by atoms with E-state index in [-0.39, 0.29) is 11.9 Å². The number of methoxy groups -OCH3 is 2. The van der Waals surface area contributed by atoms with Crippen molar-refractivity contribution < 1.29 is 14.3 Å². The van der Waals surface area contributed by atoms with Gasteiger partial charge in [0.2, 0.25) is 5.91 Å². The second-order valence-corrected chi connectivity index (χ2v) is 6.95. The summed E-state index contributed by atoms with van der Waals surface area (Å²) in [6, 6.07) is 12.3. The first-order chi connectivity index (χ1) is 13.1. The highest BCUT2D eigenvalue weighted by Gasteiger charge is 2.31. The molecule has 5 heteroatoms.